The fourth-order valence-corrected chi connectivity index (χ4v) is 7.17. The quantitative estimate of drug-likeness (QED) is 0.0279. The van der Waals surface area contributed by atoms with Crippen molar-refractivity contribution in [3.63, 3.8) is 0 Å². The van der Waals surface area contributed by atoms with Crippen LogP contribution in [0.3, 0.4) is 0 Å². The lowest BCUT2D eigenvalue weighted by Crippen LogP contribution is -2.45. The Morgan fingerprint density at radius 3 is 1.44 bits per heavy atom. The maximum absolute atomic E-state index is 12.8. The van der Waals surface area contributed by atoms with E-state index in [-0.39, 0.29) is 19.1 Å². The minimum atomic E-state index is -4.58. The molecule has 0 saturated heterocycles. The Morgan fingerprint density at radius 1 is 0.654 bits per heavy atom. The molecule has 0 aliphatic carbocycles. The maximum atomic E-state index is 12.8. The number of allylic oxidation sites excluding steroid dienone is 1. The average Bonchev–Trinajstić information content (AvgIpc) is 3.09. The van der Waals surface area contributed by atoms with Crippen LogP contribution < -0.4 is 10.2 Å². The molecule has 0 heterocycles. The summed E-state index contributed by atoms with van der Waals surface area (Å²) in [6.07, 6.45) is 39.6. The number of aliphatic hydroxyl groups is 1. The van der Waals surface area contributed by atoms with Gasteiger partial charge in [0.25, 0.3) is 7.82 Å². The van der Waals surface area contributed by atoms with Gasteiger partial charge < -0.3 is 28.8 Å². The number of amides is 1. The van der Waals surface area contributed by atoms with E-state index in [0.29, 0.717) is 17.4 Å². The lowest BCUT2D eigenvalue weighted by Gasteiger charge is -2.29. The third-order valence-corrected chi connectivity index (χ3v) is 11.0. The van der Waals surface area contributed by atoms with Gasteiger partial charge in [0.2, 0.25) is 5.91 Å². The molecular formula is C43H87N2O6P. The fourth-order valence-electron chi connectivity index (χ4n) is 6.45. The number of nitrogens with one attached hydrogen (secondary N) is 1. The highest BCUT2D eigenvalue weighted by molar-refractivity contribution is 7.45. The summed E-state index contributed by atoms with van der Waals surface area (Å²) in [6.45, 7) is 4.65. The smallest absolute Gasteiger partial charge is 0.268 e. The molecule has 8 nitrogen and oxygen atoms in total. The Labute approximate surface area is 322 Å². The predicted octanol–water partition coefficient (Wildman–Crippen LogP) is 11.3. The monoisotopic (exact) mass is 759 g/mol. The van der Waals surface area contributed by atoms with E-state index in [1.54, 1.807) is 6.08 Å². The summed E-state index contributed by atoms with van der Waals surface area (Å²) in [5.41, 5.74) is 0. The fraction of sp³-hybridized carbons (Fsp3) is 0.930. The van der Waals surface area contributed by atoms with Crippen LogP contribution in [0.25, 0.3) is 0 Å². The van der Waals surface area contributed by atoms with E-state index >= 15 is 0 Å². The Balaban J connectivity index is 4.38. The Kier molecular flexibility index (Phi) is 35.4. The van der Waals surface area contributed by atoms with E-state index in [0.717, 1.165) is 38.5 Å². The van der Waals surface area contributed by atoms with E-state index in [2.05, 4.69) is 19.2 Å². The van der Waals surface area contributed by atoms with Gasteiger partial charge in [0.1, 0.15) is 13.2 Å². The number of aliphatic hydroxyl groups excluding tert-OH is 1. The second kappa shape index (κ2) is 35.9. The molecule has 1 unspecified atom stereocenters. The average molecular weight is 759 g/mol. The van der Waals surface area contributed by atoms with Crippen LogP contribution in [0.15, 0.2) is 12.2 Å². The van der Waals surface area contributed by atoms with Gasteiger partial charge in [0.15, 0.2) is 0 Å². The first-order valence-electron chi connectivity index (χ1n) is 22.1. The molecule has 0 fully saturated rings. The van der Waals surface area contributed by atoms with E-state index in [1.165, 1.54) is 148 Å². The number of phosphoric acid groups is 1. The molecule has 0 aromatic heterocycles. The summed E-state index contributed by atoms with van der Waals surface area (Å²) in [4.78, 5) is 25.3. The van der Waals surface area contributed by atoms with Crippen LogP contribution in [0.4, 0.5) is 0 Å². The Bertz CT molecular complexity index is 865. The van der Waals surface area contributed by atoms with Crippen LogP contribution in [-0.2, 0) is 18.4 Å². The highest BCUT2D eigenvalue weighted by Crippen LogP contribution is 2.38. The summed E-state index contributed by atoms with van der Waals surface area (Å²) >= 11 is 0. The van der Waals surface area contributed by atoms with Crippen molar-refractivity contribution >= 4 is 13.7 Å². The number of phosphoric ester groups is 1. The molecule has 0 aromatic carbocycles. The topological polar surface area (TPSA) is 108 Å². The molecule has 0 aromatic rings. The van der Waals surface area contributed by atoms with Crippen LogP contribution >= 0.6 is 7.82 Å². The lowest BCUT2D eigenvalue weighted by molar-refractivity contribution is -0.870. The summed E-state index contributed by atoms with van der Waals surface area (Å²) in [5, 5.41) is 13.8. The van der Waals surface area contributed by atoms with Gasteiger partial charge in [0.05, 0.1) is 39.9 Å². The van der Waals surface area contributed by atoms with Crippen molar-refractivity contribution in [2.75, 3.05) is 40.9 Å². The molecule has 0 saturated carbocycles. The van der Waals surface area contributed by atoms with E-state index in [4.69, 9.17) is 9.05 Å². The number of nitrogens with zero attached hydrogens (tertiary/aromatic N) is 1. The van der Waals surface area contributed by atoms with Crippen molar-refractivity contribution in [2.45, 2.75) is 219 Å². The number of carbonyl (C=O) groups excluding carboxylic acids is 1. The first-order valence-corrected chi connectivity index (χ1v) is 23.5. The number of unbranched alkanes of at least 4 members (excludes halogenated alkanes) is 27. The molecule has 9 heteroatoms. The lowest BCUT2D eigenvalue weighted by atomic mass is 10.0. The van der Waals surface area contributed by atoms with Crippen LogP contribution in [0.2, 0.25) is 0 Å². The van der Waals surface area contributed by atoms with Gasteiger partial charge in [-0.25, -0.2) is 0 Å². The number of quaternary nitrogens is 1. The minimum absolute atomic E-state index is 0.00201. The Morgan fingerprint density at radius 2 is 1.04 bits per heavy atom. The largest absolute Gasteiger partial charge is 0.756 e. The number of likely N-dealkylation sites (N-methyl/N-ethyl adjacent to an activating group) is 1. The molecule has 0 aliphatic heterocycles. The highest BCUT2D eigenvalue weighted by atomic mass is 31.2. The maximum Gasteiger partial charge on any atom is 0.268 e. The van der Waals surface area contributed by atoms with Crippen LogP contribution in [0, 0.1) is 0 Å². The first-order chi connectivity index (χ1) is 25.0. The summed E-state index contributed by atoms with van der Waals surface area (Å²) < 4.78 is 23.2. The molecule has 0 rings (SSSR count). The van der Waals surface area contributed by atoms with Crippen LogP contribution in [-0.4, -0.2) is 68.5 Å². The molecule has 0 aliphatic rings. The van der Waals surface area contributed by atoms with Gasteiger partial charge in [-0.1, -0.05) is 193 Å². The third kappa shape index (κ3) is 37.6. The number of rotatable bonds is 40. The molecule has 0 radical (unpaired) electrons. The van der Waals surface area contributed by atoms with E-state index in [1.807, 2.05) is 27.2 Å². The van der Waals surface area contributed by atoms with E-state index in [9.17, 15) is 19.4 Å². The van der Waals surface area contributed by atoms with Gasteiger partial charge in [-0.15, -0.1) is 0 Å². The second-order valence-corrected chi connectivity index (χ2v) is 17.8. The van der Waals surface area contributed by atoms with Crippen molar-refractivity contribution in [1.82, 2.24) is 5.32 Å². The second-order valence-electron chi connectivity index (χ2n) is 16.4. The third-order valence-electron chi connectivity index (χ3n) is 10.00. The van der Waals surface area contributed by atoms with Crippen LogP contribution in [0.1, 0.15) is 206 Å². The zero-order valence-corrected chi connectivity index (χ0v) is 35.9. The molecule has 0 spiro atoms. The molecule has 0 bridgehead atoms. The molecule has 1 amide bonds. The highest BCUT2D eigenvalue weighted by Gasteiger charge is 2.23. The summed E-state index contributed by atoms with van der Waals surface area (Å²) in [7, 11) is 1.27. The van der Waals surface area contributed by atoms with Gasteiger partial charge in [0, 0.05) is 6.42 Å². The molecule has 2 N–H and O–H groups in total. The van der Waals surface area contributed by atoms with Crippen molar-refractivity contribution in [3.8, 4) is 0 Å². The number of carbonyl (C=O) groups is 1. The van der Waals surface area contributed by atoms with Crippen molar-refractivity contribution in [1.29, 1.82) is 0 Å². The van der Waals surface area contributed by atoms with Crippen molar-refractivity contribution in [2.24, 2.45) is 0 Å². The van der Waals surface area contributed by atoms with Gasteiger partial charge in [-0.3, -0.25) is 9.36 Å². The standard InChI is InChI=1S/C43H87N2O6P/c1-6-8-10-12-14-16-18-20-21-22-23-25-27-29-31-33-35-37-43(47)44-41(40-51-52(48,49)50-39-38-45(3,4)5)42(46)36-34-32-30-28-26-24-19-17-15-13-11-9-7-2/h34,36,41-42,46H,6-33,35,37-40H2,1-5H3,(H-,44,47,48,49)/b36-34+/t41-,42+/m1/s1. The minimum Gasteiger partial charge on any atom is -0.756 e. The van der Waals surface area contributed by atoms with Gasteiger partial charge in [-0.05, 0) is 19.3 Å². The molecule has 3 atom stereocenters. The Hall–Kier alpha value is -0.760. The van der Waals surface area contributed by atoms with Crippen LogP contribution in [0.5, 0.6) is 0 Å². The number of hydrogen-bond donors (Lipinski definition) is 2. The SMILES string of the molecule is CCCCCCCCCCCCC/C=C/[C@H](O)[C@@H](COP(=O)([O-])OCC[N+](C)(C)C)NC(=O)CCCCCCCCCCCCCCCCCCC. The number of hydrogen-bond acceptors (Lipinski definition) is 6. The van der Waals surface area contributed by atoms with E-state index < -0.39 is 20.0 Å². The zero-order chi connectivity index (χ0) is 38.6. The summed E-state index contributed by atoms with van der Waals surface area (Å²) in [5.74, 6) is -0.195. The van der Waals surface area contributed by atoms with Crippen molar-refractivity contribution in [3.05, 3.63) is 12.2 Å². The first kappa shape index (κ1) is 51.2. The van der Waals surface area contributed by atoms with Crippen molar-refractivity contribution < 1.29 is 32.9 Å². The van der Waals surface area contributed by atoms with Gasteiger partial charge >= 0.3 is 0 Å². The zero-order valence-electron chi connectivity index (χ0n) is 35.0. The summed E-state index contributed by atoms with van der Waals surface area (Å²) in [6, 6.07) is -0.879. The molecule has 52 heavy (non-hydrogen) atoms. The van der Waals surface area contributed by atoms with Gasteiger partial charge in [-0.2, -0.15) is 0 Å². The molecular weight excluding hydrogens is 671 g/mol. The predicted molar refractivity (Wildman–Crippen MR) is 219 cm³/mol. The normalized spacial score (nSPS) is 14.5. The molecule has 310 valence electrons.